The van der Waals surface area contributed by atoms with Gasteiger partial charge in [-0.15, -0.1) is 0 Å². The number of methoxy groups -OCH3 is 1. The van der Waals surface area contributed by atoms with Crippen molar-refractivity contribution in [3.05, 3.63) is 0 Å². The molecule has 0 aromatic rings. The molecule has 0 radical (unpaired) electrons. The molecule has 0 aromatic carbocycles. The number of carboxylic acids is 1. The fraction of sp³-hybridized carbons (Fsp3) is 0.692. The van der Waals surface area contributed by atoms with Crippen LogP contribution in [0.25, 0.3) is 0 Å². The summed E-state index contributed by atoms with van der Waals surface area (Å²) in [6.07, 6.45) is 0.414. The quantitative estimate of drug-likeness (QED) is 0.640. The van der Waals surface area contributed by atoms with Gasteiger partial charge in [-0.25, -0.2) is 4.79 Å². The Morgan fingerprint density at radius 1 is 1.48 bits per heavy atom. The molecule has 1 saturated carbocycles. The number of Topliss-reactive ketones (excluding diaryl/α,β-unsaturated/α-hetero) is 1. The molecule has 0 bridgehead atoms. The van der Waals surface area contributed by atoms with Crippen LogP contribution >= 0.6 is 11.8 Å². The van der Waals surface area contributed by atoms with Gasteiger partial charge in [-0.1, -0.05) is 0 Å². The van der Waals surface area contributed by atoms with Crippen molar-refractivity contribution in [1.29, 1.82) is 0 Å². The second kappa shape index (κ2) is 8.02. The van der Waals surface area contributed by atoms with E-state index in [9.17, 15) is 19.2 Å². The Hall–Kier alpha value is -1.57. The van der Waals surface area contributed by atoms with E-state index in [4.69, 9.17) is 5.11 Å². The minimum Gasteiger partial charge on any atom is -0.481 e. The topological polar surface area (TPSA) is 110 Å². The van der Waals surface area contributed by atoms with Crippen molar-refractivity contribution < 1.29 is 29.0 Å². The zero-order valence-corrected chi connectivity index (χ0v) is 12.8. The Bertz CT molecular complexity index is 438. The monoisotopic (exact) mass is 317 g/mol. The van der Waals surface area contributed by atoms with E-state index in [1.807, 2.05) is 0 Å². The third kappa shape index (κ3) is 5.37. The van der Waals surface area contributed by atoms with Crippen molar-refractivity contribution in [2.75, 3.05) is 18.6 Å². The number of esters is 1. The van der Waals surface area contributed by atoms with Crippen LogP contribution in [0.5, 0.6) is 0 Å². The zero-order valence-electron chi connectivity index (χ0n) is 12.0. The second-order valence-corrected chi connectivity index (χ2v) is 6.03. The van der Waals surface area contributed by atoms with Gasteiger partial charge in [-0.2, -0.15) is 11.8 Å². The maximum absolute atomic E-state index is 11.7. The molecule has 1 rings (SSSR count). The molecule has 0 unspecified atom stereocenters. The molecule has 1 aliphatic carbocycles. The highest BCUT2D eigenvalue weighted by Crippen LogP contribution is 2.30. The Morgan fingerprint density at radius 2 is 2.14 bits per heavy atom. The lowest BCUT2D eigenvalue weighted by molar-refractivity contribution is -0.144. The number of thioether (sulfide) groups is 1. The zero-order chi connectivity index (χ0) is 16.0. The highest BCUT2D eigenvalue weighted by molar-refractivity contribution is 7.99. The summed E-state index contributed by atoms with van der Waals surface area (Å²) in [4.78, 5) is 45.1. The minimum absolute atomic E-state index is 0.0518. The Balaban J connectivity index is 2.43. The van der Waals surface area contributed by atoms with Crippen molar-refractivity contribution in [1.82, 2.24) is 5.32 Å². The third-order valence-electron chi connectivity index (χ3n) is 3.29. The molecular formula is C13H19NO6S. The van der Waals surface area contributed by atoms with Crippen LogP contribution in [0.2, 0.25) is 0 Å². The molecule has 0 aliphatic heterocycles. The number of aliphatic carboxylic acids is 1. The Labute approximate surface area is 126 Å². The first kappa shape index (κ1) is 17.5. The van der Waals surface area contributed by atoms with Crippen LogP contribution in [0, 0.1) is 11.8 Å². The fourth-order valence-electron chi connectivity index (χ4n) is 2.20. The van der Waals surface area contributed by atoms with Crippen LogP contribution in [0.15, 0.2) is 0 Å². The number of carbonyl (C=O) groups excluding carboxylic acids is 3. The highest BCUT2D eigenvalue weighted by atomic mass is 32.2. The number of hydrogen-bond acceptors (Lipinski definition) is 6. The van der Waals surface area contributed by atoms with Gasteiger partial charge < -0.3 is 15.2 Å². The number of rotatable bonds is 7. The molecule has 118 valence electrons. The number of hydrogen-bond donors (Lipinski definition) is 2. The summed E-state index contributed by atoms with van der Waals surface area (Å²) in [5.74, 6) is -2.05. The molecule has 0 heterocycles. The lowest BCUT2D eigenvalue weighted by atomic mass is 10.1. The summed E-state index contributed by atoms with van der Waals surface area (Å²) in [7, 11) is 1.24. The first-order chi connectivity index (χ1) is 9.85. The molecule has 0 spiro atoms. The van der Waals surface area contributed by atoms with Gasteiger partial charge in [0.15, 0.2) is 0 Å². The lowest BCUT2D eigenvalue weighted by Gasteiger charge is -2.16. The van der Waals surface area contributed by atoms with Gasteiger partial charge in [0.1, 0.15) is 11.8 Å². The molecule has 3 atom stereocenters. The maximum atomic E-state index is 11.7. The standard InChI is InChI=1S/C13H19NO6S/c1-7(15)14-10(13(19)20-2)6-21-5-9-3-8(12(17)18)4-11(9)16/h8-10H,3-6H2,1-2H3,(H,14,15)(H,17,18)/t8-,9+,10-/m0/s1. The number of carbonyl (C=O) groups is 4. The molecule has 0 aromatic heterocycles. The fourth-order valence-corrected chi connectivity index (χ4v) is 3.40. The van der Waals surface area contributed by atoms with Gasteiger partial charge in [-0.3, -0.25) is 14.4 Å². The summed E-state index contributed by atoms with van der Waals surface area (Å²) in [5, 5.41) is 11.4. The summed E-state index contributed by atoms with van der Waals surface area (Å²) in [6, 6.07) is -0.760. The second-order valence-electron chi connectivity index (χ2n) is 4.95. The Kier molecular flexibility index (Phi) is 6.67. The maximum Gasteiger partial charge on any atom is 0.329 e. The molecule has 8 heteroatoms. The van der Waals surface area contributed by atoms with Crippen molar-refractivity contribution in [3.8, 4) is 0 Å². The molecule has 2 N–H and O–H groups in total. The molecule has 7 nitrogen and oxygen atoms in total. The van der Waals surface area contributed by atoms with Gasteiger partial charge in [-0.05, 0) is 6.42 Å². The van der Waals surface area contributed by atoms with Crippen molar-refractivity contribution in [3.63, 3.8) is 0 Å². The normalized spacial score (nSPS) is 22.7. The van der Waals surface area contributed by atoms with Gasteiger partial charge in [0.2, 0.25) is 5.91 Å². The van der Waals surface area contributed by atoms with Crippen molar-refractivity contribution >= 4 is 35.4 Å². The van der Waals surface area contributed by atoms with Crippen LogP contribution in [0.1, 0.15) is 19.8 Å². The molecule has 0 saturated heterocycles. The predicted molar refractivity (Wildman–Crippen MR) is 75.8 cm³/mol. The van der Waals surface area contributed by atoms with E-state index < -0.39 is 23.9 Å². The van der Waals surface area contributed by atoms with Crippen LogP contribution in [0.4, 0.5) is 0 Å². The first-order valence-corrected chi connectivity index (χ1v) is 7.68. The van der Waals surface area contributed by atoms with Crippen LogP contribution in [-0.2, 0) is 23.9 Å². The number of amides is 1. The smallest absolute Gasteiger partial charge is 0.329 e. The van der Waals surface area contributed by atoms with E-state index >= 15 is 0 Å². The molecule has 1 fully saturated rings. The average molecular weight is 317 g/mol. The van der Waals surface area contributed by atoms with E-state index in [1.54, 1.807) is 0 Å². The Morgan fingerprint density at radius 3 is 2.62 bits per heavy atom. The number of carboxylic acid groups (broad SMARTS) is 1. The van der Waals surface area contributed by atoms with Crippen LogP contribution in [-0.4, -0.2) is 53.4 Å². The summed E-state index contributed by atoms with van der Waals surface area (Å²) >= 11 is 1.33. The highest BCUT2D eigenvalue weighted by Gasteiger charge is 2.36. The van der Waals surface area contributed by atoms with E-state index in [0.717, 1.165) is 0 Å². The summed E-state index contributed by atoms with van der Waals surface area (Å²) in [6.45, 7) is 1.30. The van der Waals surface area contributed by atoms with Crippen molar-refractivity contribution in [2.24, 2.45) is 11.8 Å². The average Bonchev–Trinajstić information content (AvgIpc) is 2.78. The molecule has 21 heavy (non-hydrogen) atoms. The van der Waals surface area contributed by atoms with Crippen LogP contribution < -0.4 is 5.32 Å². The van der Waals surface area contributed by atoms with Gasteiger partial charge in [0, 0.05) is 30.8 Å². The van der Waals surface area contributed by atoms with E-state index in [-0.39, 0.29) is 29.8 Å². The number of ketones is 1. The SMILES string of the molecule is COC(=O)[C@H](CSC[C@H]1C[C@H](C(=O)O)CC1=O)NC(C)=O. The predicted octanol–water partition coefficient (Wildman–Crippen LogP) is 0.0772. The summed E-state index contributed by atoms with van der Waals surface area (Å²) in [5.41, 5.74) is 0. The summed E-state index contributed by atoms with van der Waals surface area (Å²) < 4.78 is 4.59. The van der Waals surface area contributed by atoms with E-state index in [1.165, 1.54) is 25.8 Å². The number of nitrogens with one attached hydrogen (secondary N) is 1. The van der Waals surface area contributed by atoms with Crippen LogP contribution in [0.3, 0.4) is 0 Å². The van der Waals surface area contributed by atoms with E-state index in [2.05, 4.69) is 10.1 Å². The van der Waals surface area contributed by atoms with Gasteiger partial charge in [0.25, 0.3) is 0 Å². The van der Waals surface area contributed by atoms with Gasteiger partial charge in [0.05, 0.1) is 13.0 Å². The van der Waals surface area contributed by atoms with E-state index in [0.29, 0.717) is 12.2 Å². The van der Waals surface area contributed by atoms with Crippen molar-refractivity contribution in [2.45, 2.75) is 25.8 Å². The minimum atomic E-state index is -0.943. The molecule has 1 amide bonds. The van der Waals surface area contributed by atoms with Gasteiger partial charge >= 0.3 is 11.9 Å². The molecular weight excluding hydrogens is 298 g/mol. The third-order valence-corrected chi connectivity index (χ3v) is 4.50. The lowest BCUT2D eigenvalue weighted by Crippen LogP contribution is -2.42. The largest absolute Gasteiger partial charge is 0.481 e. The first-order valence-electron chi connectivity index (χ1n) is 6.53. The molecule has 1 aliphatic rings. The number of ether oxygens (including phenoxy) is 1.